The Bertz CT molecular complexity index is 526. The Morgan fingerprint density at radius 1 is 0.950 bits per heavy atom. The molecule has 20 heavy (non-hydrogen) atoms. The molecule has 0 radical (unpaired) electrons. The molecule has 0 bridgehead atoms. The van der Waals surface area contributed by atoms with Crippen molar-refractivity contribution in [3.63, 3.8) is 0 Å². The van der Waals surface area contributed by atoms with Crippen LogP contribution in [0.3, 0.4) is 0 Å². The van der Waals surface area contributed by atoms with Crippen LogP contribution in [0.2, 0.25) is 0 Å². The lowest BCUT2D eigenvalue weighted by molar-refractivity contribution is 0.156. The zero-order valence-corrected chi connectivity index (χ0v) is 11.7. The fourth-order valence-corrected chi connectivity index (χ4v) is 2.72. The third-order valence-electron chi connectivity index (χ3n) is 4.02. The van der Waals surface area contributed by atoms with Crippen LogP contribution in [0.15, 0.2) is 60.7 Å². The minimum atomic E-state index is -0.242. The molecule has 104 valence electrons. The van der Waals surface area contributed by atoms with Crippen molar-refractivity contribution in [1.29, 1.82) is 0 Å². The lowest BCUT2D eigenvalue weighted by atomic mass is 10.1. The predicted octanol–water partition coefficient (Wildman–Crippen LogP) is 2.52. The molecular weight excluding hydrogens is 246 g/mol. The Hall–Kier alpha value is -1.64. The van der Waals surface area contributed by atoms with Crippen LogP contribution in [-0.4, -0.2) is 35.2 Å². The summed E-state index contributed by atoms with van der Waals surface area (Å²) in [6, 6.07) is 21.1. The summed E-state index contributed by atoms with van der Waals surface area (Å²) in [6.07, 6.45) is 1.58. The lowest BCUT2D eigenvalue weighted by Gasteiger charge is -2.11. The minimum absolute atomic E-state index is 0.242. The molecule has 3 rings (SSSR count). The first kappa shape index (κ1) is 13.3. The molecule has 1 heterocycles. The highest BCUT2D eigenvalue weighted by Gasteiger charge is 2.38. The molecule has 2 nitrogen and oxygen atoms in total. The average Bonchev–Trinajstić information content (AvgIpc) is 3.27. The van der Waals surface area contributed by atoms with E-state index in [1.807, 2.05) is 24.3 Å². The molecule has 2 aromatic rings. The van der Waals surface area contributed by atoms with E-state index in [4.69, 9.17) is 0 Å². The molecule has 2 heteroatoms. The van der Waals surface area contributed by atoms with Crippen LogP contribution >= 0.6 is 0 Å². The molecule has 1 saturated heterocycles. The van der Waals surface area contributed by atoms with Gasteiger partial charge in [-0.2, -0.15) is 0 Å². The van der Waals surface area contributed by atoms with E-state index in [9.17, 15) is 5.11 Å². The summed E-state index contributed by atoms with van der Waals surface area (Å²) >= 11 is 0. The zero-order valence-electron chi connectivity index (χ0n) is 11.7. The van der Waals surface area contributed by atoms with Crippen molar-refractivity contribution in [2.24, 2.45) is 0 Å². The normalized spacial score (nSPS) is 22.4. The fourth-order valence-electron chi connectivity index (χ4n) is 2.72. The number of aliphatic hydroxyl groups excluding tert-OH is 1. The molecular formula is C18H21NO. The predicted molar refractivity (Wildman–Crippen MR) is 81.7 cm³/mol. The van der Waals surface area contributed by atoms with Gasteiger partial charge in [-0.3, -0.25) is 4.90 Å². The highest BCUT2D eigenvalue weighted by molar-refractivity contribution is 5.18. The van der Waals surface area contributed by atoms with Crippen LogP contribution in [-0.2, 0) is 12.8 Å². The molecule has 0 spiro atoms. The summed E-state index contributed by atoms with van der Waals surface area (Å²) < 4.78 is 0. The second-order valence-electron chi connectivity index (χ2n) is 5.55. The third-order valence-corrected chi connectivity index (χ3v) is 4.02. The standard InChI is InChI=1S/C18H21NO/c20-18(13-16-9-5-2-6-10-16)17-14-19(17)12-11-15-7-3-1-4-8-15/h1-10,17-18,20H,11-14H2/t17-,18?,19?/m0/s1. The van der Waals surface area contributed by atoms with Crippen LogP contribution in [0.4, 0.5) is 0 Å². The SMILES string of the molecule is OC(Cc1ccccc1)[C@@H]1CN1CCc1ccccc1. The summed E-state index contributed by atoms with van der Waals surface area (Å²) in [5.41, 5.74) is 2.59. The molecule has 0 aromatic heterocycles. The van der Waals surface area contributed by atoms with Gasteiger partial charge >= 0.3 is 0 Å². The maximum atomic E-state index is 10.3. The van der Waals surface area contributed by atoms with Gasteiger partial charge < -0.3 is 5.11 Å². The van der Waals surface area contributed by atoms with E-state index < -0.39 is 0 Å². The van der Waals surface area contributed by atoms with E-state index in [-0.39, 0.29) is 6.10 Å². The summed E-state index contributed by atoms with van der Waals surface area (Å²) in [6.45, 7) is 2.07. The van der Waals surface area contributed by atoms with Crippen molar-refractivity contribution in [2.75, 3.05) is 13.1 Å². The molecule has 0 amide bonds. The lowest BCUT2D eigenvalue weighted by Crippen LogP contribution is -2.22. The summed E-state index contributed by atoms with van der Waals surface area (Å²) in [4.78, 5) is 2.36. The van der Waals surface area contributed by atoms with Gasteiger partial charge in [0.25, 0.3) is 0 Å². The first-order valence-corrected chi connectivity index (χ1v) is 7.33. The molecule has 1 aliphatic heterocycles. The maximum absolute atomic E-state index is 10.3. The van der Waals surface area contributed by atoms with E-state index in [2.05, 4.69) is 41.3 Å². The molecule has 1 aliphatic rings. The van der Waals surface area contributed by atoms with Gasteiger partial charge in [-0.1, -0.05) is 60.7 Å². The van der Waals surface area contributed by atoms with Crippen LogP contribution in [0, 0.1) is 0 Å². The number of nitrogens with zero attached hydrogens (tertiary/aromatic N) is 1. The van der Waals surface area contributed by atoms with Crippen LogP contribution in [0.5, 0.6) is 0 Å². The molecule has 1 fully saturated rings. The van der Waals surface area contributed by atoms with Crippen molar-refractivity contribution in [1.82, 2.24) is 4.90 Å². The Morgan fingerprint density at radius 3 is 2.20 bits per heavy atom. The number of aliphatic hydroxyl groups is 1. The average molecular weight is 267 g/mol. The zero-order chi connectivity index (χ0) is 13.8. The first-order chi connectivity index (χ1) is 9.83. The van der Waals surface area contributed by atoms with Crippen molar-refractivity contribution in [3.8, 4) is 0 Å². The molecule has 3 atom stereocenters. The molecule has 2 aromatic carbocycles. The van der Waals surface area contributed by atoms with E-state index in [1.165, 1.54) is 11.1 Å². The largest absolute Gasteiger partial charge is 0.391 e. The van der Waals surface area contributed by atoms with Gasteiger partial charge in [0.2, 0.25) is 0 Å². The van der Waals surface area contributed by atoms with Gasteiger partial charge in [0.1, 0.15) is 0 Å². The second-order valence-corrected chi connectivity index (χ2v) is 5.55. The van der Waals surface area contributed by atoms with E-state index in [1.54, 1.807) is 0 Å². The van der Waals surface area contributed by atoms with Gasteiger partial charge in [0.15, 0.2) is 0 Å². The van der Waals surface area contributed by atoms with Gasteiger partial charge in [-0.05, 0) is 24.0 Å². The Morgan fingerprint density at radius 2 is 1.55 bits per heavy atom. The maximum Gasteiger partial charge on any atom is 0.0748 e. The molecule has 0 aliphatic carbocycles. The van der Waals surface area contributed by atoms with Crippen LogP contribution < -0.4 is 0 Å². The highest BCUT2D eigenvalue weighted by Crippen LogP contribution is 2.23. The van der Waals surface area contributed by atoms with Crippen LogP contribution in [0.1, 0.15) is 11.1 Å². The minimum Gasteiger partial charge on any atom is -0.391 e. The van der Waals surface area contributed by atoms with Gasteiger partial charge in [-0.15, -0.1) is 0 Å². The summed E-state index contributed by atoms with van der Waals surface area (Å²) in [5.74, 6) is 0. The number of hydrogen-bond acceptors (Lipinski definition) is 2. The monoisotopic (exact) mass is 267 g/mol. The second kappa shape index (κ2) is 6.21. The summed E-state index contributed by atoms with van der Waals surface area (Å²) in [7, 11) is 0. The Kier molecular flexibility index (Phi) is 4.14. The summed E-state index contributed by atoms with van der Waals surface area (Å²) in [5, 5.41) is 10.3. The van der Waals surface area contributed by atoms with Gasteiger partial charge in [0, 0.05) is 19.1 Å². The quantitative estimate of drug-likeness (QED) is 0.813. The number of hydrogen-bond donors (Lipinski definition) is 1. The topological polar surface area (TPSA) is 23.2 Å². The van der Waals surface area contributed by atoms with Gasteiger partial charge in [0.05, 0.1) is 6.10 Å². The molecule has 1 N–H and O–H groups in total. The van der Waals surface area contributed by atoms with Crippen LogP contribution in [0.25, 0.3) is 0 Å². The number of rotatable bonds is 6. The smallest absolute Gasteiger partial charge is 0.0748 e. The van der Waals surface area contributed by atoms with E-state index in [0.717, 1.165) is 25.9 Å². The van der Waals surface area contributed by atoms with Gasteiger partial charge in [-0.25, -0.2) is 0 Å². The van der Waals surface area contributed by atoms with E-state index >= 15 is 0 Å². The van der Waals surface area contributed by atoms with Crippen molar-refractivity contribution in [3.05, 3.63) is 71.8 Å². The fraction of sp³-hybridized carbons (Fsp3) is 0.333. The molecule has 0 saturated carbocycles. The molecule has 2 unspecified atom stereocenters. The van der Waals surface area contributed by atoms with Crippen molar-refractivity contribution < 1.29 is 5.11 Å². The van der Waals surface area contributed by atoms with Crippen molar-refractivity contribution >= 4 is 0 Å². The Balaban J connectivity index is 1.44. The van der Waals surface area contributed by atoms with Crippen molar-refractivity contribution in [2.45, 2.75) is 25.0 Å². The Labute approximate surface area is 120 Å². The highest BCUT2D eigenvalue weighted by atomic mass is 16.3. The first-order valence-electron chi connectivity index (χ1n) is 7.33. The number of benzene rings is 2. The third kappa shape index (κ3) is 3.47. The van der Waals surface area contributed by atoms with E-state index in [0.29, 0.717) is 6.04 Å².